The summed E-state index contributed by atoms with van der Waals surface area (Å²) in [5, 5.41) is 11.8. The molecular formula is C14H27N3O3. The van der Waals surface area contributed by atoms with E-state index in [4.69, 9.17) is 5.11 Å². The van der Waals surface area contributed by atoms with Crippen molar-refractivity contribution in [2.24, 2.45) is 11.8 Å². The van der Waals surface area contributed by atoms with E-state index >= 15 is 0 Å². The minimum Gasteiger partial charge on any atom is -0.480 e. The maximum Gasteiger partial charge on any atom is 0.326 e. The third-order valence-electron chi connectivity index (χ3n) is 3.83. The molecule has 1 rings (SSSR count). The first-order valence-corrected chi connectivity index (χ1v) is 7.17. The highest BCUT2D eigenvalue weighted by Crippen LogP contribution is 2.20. The van der Waals surface area contributed by atoms with Gasteiger partial charge in [-0.15, -0.1) is 0 Å². The van der Waals surface area contributed by atoms with E-state index in [1.54, 1.807) is 4.90 Å². The number of likely N-dealkylation sites (tertiary alicyclic amines) is 1. The molecule has 6 heteroatoms. The Kier molecular flexibility index (Phi) is 5.80. The van der Waals surface area contributed by atoms with Crippen LogP contribution in [0.25, 0.3) is 0 Å². The van der Waals surface area contributed by atoms with Gasteiger partial charge in [0.05, 0.1) is 0 Å². The monoisotopic (exact) mass is 285 g/mol. The predicted molar refractivity (Wildman–Crippen MR) is 77.6 cm³/mol. The number of nitrogens with zero attached hydrogens (tertiary/aromatic N) is 2. The zero-order chi connectivity index (χ0) is 15.4. The quantitative estimate of drug-likeness (QED) is 0.793. The Morgan fingerprint density at radius 3 is 2.35 bits per heavy atom. The predicted octanol–water partition coefficient (Wildman–Crippen LogP) is 1.08. The first-order chi connectivity index (χ1) is 9.22. The first-order valence-electron chi connectivity index (χ1n) is 7.17. The van der Waals surface area contributed by atoms with Gasteiger partial charge in [0.15, 0.2) is 0 Å². The van der Waals surface area contributed by atoms with Gasteiger partial charge in [0, 0.05) is 19.1 Å². The van der Waals surface area contributed by atoms with Gasteiger partial charge in [-0.05, 0) is 32.4 Å². The van der Waals surface area contributed by atoms with Crippen molar-refractivity contribution in [2.45, 2.75) is 39.3 Å². The molecule has 0 aliphatic carbocycles. The van der Waals surface area contributed by atoms with Crippen LogP contribution in [0.3, 0.4) is 0 Å². The van der Waals surface area contributed by atoms with Crippen LogP contribution in [0.1, 0.15) is 27.2 Å². The second-order valence-corrected chi connectivity index (χ2v) is 6.38. The Morgan fingerprint density at radius 2 is 1.95 bits per heavy atom. The molecule has 2 amide bonds. The molecule has 0 saturated carbocycles. The number of aliphatic carboxylic acids is 1. The molecule has 1 fully saturated rings. The van der Waals surface area contributed by atoms with Crippen molar-refractivity contribution in [1.82, 2.24) is 15.1 Å². The average molecular weight is 285 g/mol. The molecule has 0 radical (unpaired) electrons. The van der Waals surface area contributed by atoms with E-state index in [1.165, 1.54) is 0 Å². The van der Waals surface area contributed by atoms with E-state index < -0.39 is 12.0 Å². The van der Waals surface area contributed by atoms with Gasteiger partial charge in [-0.25, -0.2) is 9.59 Å². The summed E-state index contributed by atoms with van der Waals surface area (Å²) < 4.78 is 0. The lowest BCUT2D eigenvalue weighted by Crippen LogP contribution is -2.48. The van der Waals surface area contributed by atoms with Crippen molar-refractivity contribution in [3.63, 3.8) is 0 Å². The Labute approximate surface area is 121 Å². The fourth-order valence-electron chi connectivity index (χ4n) is 2.72. The molecule has 3 atom stereocenters. The summed E-state index contributed by atoms with van der Waals surface area (Å²) in [7, 11) is 4.00. The normalized spacial score (nSPS) is 24.2. The third kappa shape index (κ3) is 4.37. The molecule has 0 spiro atoms. The number of hydrogen-bond donors (Lipinski definition) is 2. The van der Waals surface area contributed by atoms with Gasteiger partial charge >= 0.3 is 12.0 Å². The number of carboxylic acids is 1. The van der Waals surface area contributed by atoms with Gasteiger partial charge < -0.3 is 20.2 Å². The highest BCUT2D eigenvalue weighted by Gasteiger charge is 2.34. The SMILES string of the molecule is CC(C)C[C@H](NC(=O)N1CC(C)C(N(C)C)C1)C(=O)O. The van der Waals surface area contributed by atoms with E-state index in [0.717, 1.165) is 0 Å². The van der Waals surface area contributed by atoms with Gasteiger partial charge in [0.1, 0.15) is 6.04 Å². The molecule has 0 aromatic carbocycles. The molecule has 2 N–H and O–H groups in total. The van der Waals surface area contributed by atoms with Crippen LogP contribution in [0, 0.1) is 11.8 Å². The van der Waals surface area contributed by atoms with E-state index in [9.17, 15) is 9.59 Å². The van der Waals surface area contributed by atoms with Crippen LogP contribution in [0.2, 0.25) is 0 Å². The molecule has 1 aliphatic heterocycles. The molecule has 1 saturated heterocycles. The van der Waals surface area contributed by atoms with Crippen LogP contribution >= 0.6 is 0 Å². The van der Waals surface area contributed by atoms with Crippen molar-refractivity contribution in [2.75, 3.05) is 27.2 Å². The summed E-state index contributed by atoms with van der Waals surface area (Å²) >= 11 is 0. The van der Waals surface area contributed by atoms with Gasteiger partial charge in [0.2, 0.25) is 0 Å². The van der Waals surface area contributed by atoms with Crippen molar-refractivity contribution in [3.8, 4) is 0 Å². The molecule has 0 bridgehead atoms. The summed E-state index contributed by atoms with van der Waals surface area (Å²) in [6.07, 6.45) is 0.446. The molecule has 20 heavy (non-hydrogen) atoms. The lowest BCUT2D eigenvalue weighted by molar-refractivity contribution is -0.139. The van der Waals surface area contributed by atoms with Crippen molar-refractivity contribution in [1.29, 1.82) is 0 Å². The molecule has 116 valence electrons. The number of hydrogen-bond acceptors (Lipinski definition) is 3. The van der Waals surface area contributed by atoms with Crippen molar-refractivity contribution < 1.29 is 14.7 Å². The second-order valence-electron chi connectivity index (χ2n) is 6.38. The van der Waals surface area contributed by atoms with Crippen molar-refractivity contribution in [3.05, 3.63) is 0 Å². The minimum absolute atomic E-state index is 0.225. The first kappa shape index (κ1) is 16.8. The number of amides is 2. The fraction of sp³-hybridized carbons (Fsp3) is 0.857. The van der Waals surface area contributed by atoms with Gasteiger partial charge in [0.25, 0.3) is 0 Å². The number of rotatable bonds is 5. The minimum atomic E-state index is -0.969. The molecule has 1 aliphatic rings. The Balaban J connectivity index is 2.60. The standard InChI is InChI=1S/C14H27N3O3/c1-9(2)6-11(13(18)19)15-14(20)17-7-10(3)12(8-17)16(4)5/h9-12H,6-8H2,1-5H3,(H,15,20)(H,18,19)/t10?,11-,12?/m0/s1. The Bertz CT molecular complexity index is 358. The number of likely N-dealkylation sites (N-methyl/N-ethyl adjacent to an activating group) is 1. The van der Waals surface area contributed by atoms with E-state index in [2.05, 4.69) is 17.1 Å². The smallest absolute Gasteiger partial charge is 0.326 e. The Morgan fingerprint density at radius 1 is 1.35 bits per heavy atom. The lowest BCUT2D eigenvalue weighted by Gasteiger charge is -2.23. The topological polar surface area (TPSA) is 72.9 Å². The zero-order valence-electron chi connectivity index (χ0n) is 13.1. The molecular weight excluding hydrogens is 258 g/mol. The summed E-state index contributed by atoms with van der Waals surface area (Å²) in [6.45, 7) is 7.32. The highest BCUT2D eigenvalue weighted by molar-refractivity contribution is 5.82. The van der Waals surface area contributed by atoms with Crippen LogP contribution in [-0.2, 0) is 4.79 Å². The van der Waals surface area contributed by atoms with Crippen LogP contribution in [0.4, 0.5) is 4.79 Å². The summed E-state index contributed by atoms with van der Waals surface area (Å²) in [5.41, 5.74) is 0. The molecule has 0 aromatic heterocycles. The highest BCUT2D eigenvalue weighted by atomic mass is 16.4. The van der Waals surface area contributed by atoms with Crippen molar-refractivity contribution >= 4 is 12.0 Å². The van der Waals surface area contributed by atoms with Gasteiger partial charge in [-0.3, -0.25) is 0 Å². The maximum absolute atomic E-state index is 12.2. The number of urea groups is 1. The fourth-order valence-corrected chi connectivity index (χ4v) is 2.72. The molecule has 0 aromatic rings. The molecule has 2 unspecified atom stereocenters. The summed E-state index contributed by atoms with van der Waals surface area (Å²) in [6, 6.07) is -0.750. The van der Waals surface area contributed by atoms with E-state index in [-0.39, 0.29) is 11.9 Å². The van der Waals surface area contributed by atoms with Gasteiger partial charge in [-0.1, -0.05) is 20.8 Å². The van der Waals surface area contributed by atoms with Crippen LogP contribution in [-0.4, -0.2) is 66.2 Å². The maximum atomic E-state index is 12.2. The van der Waals surface area contributed by atoms with Crippen LogP contribution < -0.4 is 5.32 Å². The van der Waals surface area contributed by atoms with Gasteiger partial charge in [-0.2, -0.15) is 0 Å². The second kappa shape index (κ2) is 6.92. The number of carbonyl (C=O) groups excluding carboxylic acids is 1. The third-order valence-corrected chi connectivity index (χ3v) is 3.83. The zero-order valence-corrected chi connectivity index (χ0v) is 13.1. The summed E-state index contributed by atoms with van der Waals surface area (Å²) in [5.74, 6) is -0.351. The summed E-state index contributed by atoms with van der Waals surface area (Å²) in [4.78, 5) is 27.2. The molecule has 6 nitrogen and oxygen atoms in total. The average Bonchev–Trinajstić information content (AvgIpc) is 2.69. The number of nitrogens with one attached hydrogen (secondary N) is 1. The lowest BCUT2D eigenvalue weighted by atomic mass is 10.0. The van der Waals surface area contributed by atoms with Crippen LogP contribution in [0.15, 0.2) is 0 Å². The molecule has 1 heterocycles. The largest absolute Gasteiger partial charge is 0.480 e. The van der Waals surface area contributed by atoms with E-state index in [0.29, 0.717) is 31.5 Å². The number of carbonyl (C=O) groups is 2. The Hall–Kier alpha value is -1.30. The van der Waals surface area contributed by atoms with E-state index in [1.807, 2.05) is 27.9 Å². The number of carboxylic acid groups (broad SMARTS) is 1. The van der Waals surface area contributed by atoms with Crippen LogP contribution in [0.5, 0.6) is 0 Å².